The number of aryl methyl sites for hydroxylation is 5. The van der Waals surface area contributed by atoms with E-state index in [-0.39, 0.29) is 6.03 Å². The molecule has 1 saturated heterocycles. The Hall–Kier alpha value is -3.36. The first-order valence-electron chi connectivity index (χ1n) is 12.5. The van der Waals surface area contributed by atoms with Crippen molar-refractivity contribution in [1.82, 2.24) is 20.3 Å². The quantitative estimate of drug-likeness (QED) is 0.482. The fourth-order valence-corrected chi connectivity index (χ4v) is 4.72. The molecule has 0 unspecified atom stereocenters. The van der Waals surface area contributed by atoms with E-state index >= 15 is 0 Å². The summed E-state index contributed by atoms with van der Waals surface area (Å²) < 4.78 is 11.7. The first-order valence-corrected chi connectivity index (χ1v) is 12.5. The van der Waals surface area contributed by atoms with Crippen LogP contribution in [0.2, 0.25) is 0 Å². The van der Waals surface area contributed by atoms with E-state index in [2.05, 4.69) is 38.7 Å². The Kier molecular flexibility index (Phi) is 7.96. The number of nitrogens with zero attached hydrogens (tertiary/aromatic N) is 3. The van der Waals surface area contributed by atoms with Gasteiger partial charge in [-0.1, -0.05) is 11.2 Å². The normalized spacial score (nSPS) is 14.6. The fourth-order valence-electron chi connectivity index (χ4n) is 4.72. The number of urea groups is 1. The number of nitrogens with one attached hydrogen (secondary N) is 2. The van der Waals surface area contributed by atoms with Gasteiger partial charge in [0.15, 0.2) is 0 Å². The summed E-state index contributed by atoms with van der Waals surface area (Å²) in [6.07, 6.45) is 0. The summed E-state index contributed by atoms with van der Waals surface area (Å²) in [5.41, 5.74) is 6.60. The largest absolute Gasteiger partial charge is 0.457 e. The van der Waals surface area contributed by atoms with Crippen LogP contribution in [0.25, 0.3) is 11.1 Å². The van der Waals surface area contributed by atoms with Gasteiger partial charge in [-0.05, 0) is 88.2 Å². The summed E-state index contributed by atoms with van der Waals surface area (Å²) >= 11 is 0. The lowest BCUT2D eigenvalue weighted by molar-refractivity contribution is 0.155. The van der Waals surface area contributed by atoms with Crippen molar-refractivity contribution < 1.29 is 14.1 Å². The van der Waals surface area contributed by atoms with Crippen molar-refractivity contribution in [1.29, 1.82) is 0 Å². The summed E-state index contributed by atoms with van der Waals surface area (Å²) in [7, 11) is 2.14. The zero-order chi connectivity index (χ0) is 25.8. The van der Waals surface area contributed by atoms with Gasteiger partial charge in [-0.3, -0.25) is 4.90 Å². The van der Waals surface area contributed by atoms with Crippen LogP contribution in [0.4, 0.5) is 10.5 Å². The average molecular weight is 492 g/mol. The number of hydrogen-bond acceptors (Lipinski definition) is 6. The maximum absolute atomic E-state index is 12.5. The van der Waals surface area contributed by atoms with Crippen LogP contribution in [0.15, 0.2) is 34.9 Å². The molecule has 4 rings (SSSR count). The standard InChI is InChI=1S/C28H37N5O3/c1-18-13-23(26-21(4)31-36-22(26)5)17-25(14-18)35-27-19(2)15-24(16-20(27)3)30-28(34)29-7-8-33-11-9-32(6)10-12-33/h13-17H,7-12H2,1-6H3,(H2,29,30,34). The summed E-state index contributed by atoms with van der Waals surface area (Å²) in [5.74, 6) is 2.32. The van der Waals surface area contributed by atoms with Crippen LogP contribution >= 0.6 is 0 Å². The minimum atomic E-state index is -0.195. The summed E-state index contributed by atoms with van der Waals surface area (Å²) in [6.45, 7) is 15.6. The van der Waals surface area contributed by atoms with E-state index in [4.69, 9.17) is 9.26 Å². The minimum Gasteiger partial charge on any atom is -0.457 e. The molecule has 1 fully saturated rings. The lowest BCUT2D eigenvalue weighted by atomic mass is 10.0. The topological polar surface area (TPSA) is 82.9 Å². The maximum atomic E-state index is 12.5. The molecule has 0 atom stereocenters. The Balaban J connectivity index is 1.40. The van der Waals surface area contributed by atoms with Crippen molar-refractivity contribution in [2.75, 3.05) is 51.6 Å². The first kappa shape index (κ1) is 25.7. The molecule has 8 heteroatoms. The predicted octanol–water partition coefficient (Wildman–Crippen LogP) is 5.04. The lowest BCUT2D eigenvalue weighted by Crippen LogP contribution is -2.47. The molecule has 3 aromatic rings. The highest BCUT2D eigenvalue weighted by Gasteiger charge is 2.16. The van der Waals surface area contributed by atoms with Crippen molar-refractivity contribution in [2.45, 2.75) is 34.6 Å². The Labute approximate surface area is 213 Å². The molecule has 1 aliphatic heterocycles. The second kappa shape index (κ2) is 11.1. The molecule has 1 aromatic heterocycles. The fraction of sp³-hybridized carbons (Fsp3) is 0.429. The van der Waals surface area contributed by atoms with Crippen LogP contribution in [0.1, 0.15) is 28.1 Å². The van der Waals surface area contributed by atoms with Crippen molar-refractivity contribution in [3.63, 3.8) is 0 Å². The third-order valence-electron chi connectivity index (χ3n) is 6.62. The van der Waals surface area contributed by atoms with Crippen molar-refractivity contribution in [3.8, 4) is 22.6 Å². The van der Waals surface area contributed by atoms with Gasteiger partial charge in [0, 0.05) is 50.5 Å². The highest BCUT2D eigenvalue weighted by molar-refractivity contribution is 5.89. The number of hydrogen-bond donors (Lipinski definition) is 2. The van der Waals surface area contributed by atoms with Crippen LogP contribution < -0.4 is 15.4 Å². The third-order valence-corrected chi connectivity index (χ3v) is 6.62. The molecule has 192 valence electrons. The molecular formula is C28H37N5O3. The maximum Gasteiger partial charge on any atom is 0.319 e. The van der Waals surface area contributed by atoms with E-state index < -0.39 is 0 Å². The minimum absolute atomic E-state index is 0.195. The highest BCUT2D eigenvalue weighted by Crippen LogP contribution is 2.35. The number of ether oxygens (including phenoxy) is 1. The molecular weight excluding hydrogens is 454 g/mol. The molecule has 2 N–H and O–H groups in total. The van der Waals surface area contributed by atoms with E-state index in [0.29, 0.717) is 6.54 Å². The summed E-state index contributed by atoms with van der Waals surface area (Å²) in [6, 6.07) is 9.81. The van der Waals surface area contributed by atoms with E-state index in [1.54, 1.807) is 0 Å². The number of rotatable bonds is 7. The van der Waals surface area contributed by atoms with Gasteiger partial charge in [-0.2, -0.15) is 0 Å². The molecule has 0 aliphatic carbocycles. The SMILES string of the molecule is Cc1cc(Oc2c(C)cc(NC(=O)NCCN3CCN(C)CC3)cc2C)cc(-c2c(C)noc2C)c1. The van der Waals surface area contributed by atoms with E-state index in [9.17, 15) is 4.79 Å². The average Bonchev–Trinajstić information content (AvgIpc) is 3.15. The number of amides is 2. The van der Waals surface area contributed by atoms with Gasteiger partial charge in [0.2, 0.25) is 0 Å². The summed E-state index contributed by atoms with van der Waals surface area (Å²) in [5, 5.41) is 10.0. The van der Waals surface area contributed by atoms with Gasteiger partial charge >= 0.3 is 6.03 Å². The number of carbonyl (C=O) groups excluding carboxylic acids is 1. The number of benzene rings is 2. The van der Waals surface area contributed by atoms with Gasteiger partial charge in [-0.15, -0.1) is 0 Å². The monoisotopic (exact) mass is 491 g/mol. The van der Waals surface area contributed by atoms with E-state index in [1.807, 2.05) is 58.9 Å². The van der Waals surface area contributed by atoms with Crippen LogP contribution in [0.3, 0.4) is 0 Å². The first-order chi connectivity index (χ1) is 17.2. The third kappa shape index (κ3) is 6.25. The second-order valence-corrected chi connectivity index (χ2v) is 9.80. The molecule has 0 spiro atoms. The predicted molar refractivity (Wildman–Crippen MR) is 143 cm³/mol. The van der Waals surface area contributed by atoms with Gasteiger partial charge in [0.25, 0.3) is 0 Å². The van der Waals surface area contributed by atoms with Gasteiger partial charge in [0.05, 0.1) is 5.69 Å². The van der Waals surface area contributed by atoms with E-state index in [1.165, 1.54) is 0 Å². The van der Waals surface area contributed by atoms with E-state index in [0.717, 1.165) is 89.2 Å². The van der Waals surface area contributed by atoms with Gasteiger partial charge in [-0.25, -0.2) is 4.79 Å². The summed E-state index contributed by atoms with van der Waals surface area (Å²) in [4.78, 5) is 17.2. The molecule has 2 heterocycles. The molecule has 1 aliphatic rings. The Morgan fingerprint density at radius 3 is 2.33 bits per heavy atom. The molecule has 2 amide bonds. The van der Waals surface area contributed by atoms with Crippen molar-refractivity contribution >= 4 is 11.7 Å². The number of aromatic nitrogens is 1. The zero-order valence-corrected chi connectivity index (χ0v) is 22.2. The molecule has 0 bridgehead atoms. The Bertz CT molecular complexity index is 1190. The van der Waals surface area contributed by atoms with Crippen LogP contribution in [0, 0.1) is 34.6 Å². The lowest BCUT2D eigenvalue weighted by Gasteiger charge is -2.32. The number of piperazine rings is 1. The van der Waals surface area contributed by atoms with Crippen molar-refractivity contribution in [3.05, 3.63) is 58.5 Å². The van der Waals surface area contributed by atoms with Gasteiger partial charge in [0.1, 0.15) is 17.3 Å². The smallest absolute Gasteiger partial charge is 0.319 e. The number of carbonyl (C=O) groups is 1. The van der Waals surface area contributed by atoms with Crippen LogP contribution in [-0.2, 0) is 0 Å². The molecule has 36 heavy (non-hydrogen) atoms. The number of likely N-dealkylation sites (N-methyl/N-ethyl adjacent to an activating group) is 1. The van der Waals surface area contributed by atoms with Crippen LogP contribution in [0.5, 0.6) is 11.5 Å². The molecule has 8 nitrogen and oxygen atoms in total. The molecule has 0 radical (unpaired) electrons. The Morgan fingerprint density at radius 2 is 1.69 bits per heavy atom. The Morgan fingerprint density at radius 1 is 1.00 bits per heavy atom. The van der Waals surface area contributed by atoms with Crippen molar-refractivity contribution in [2.24, 2.45) is 0 Å². The van der Waals surface area contributed by atoms with Crippen LogP contribution in [-0.4, -0.2) is 67.3 Å². The second-order valence-electron chi connectivity index (χ2n) is 9.80. The zero-order valence-electron chi connectivity index (χ0n) is 22.2. The highest BCUT2D eigenvalue weighted by atomic mass is 16.5. The number of anilines is 1. The molecule has 2 aromatic carbocycles. The van der Waals surface area contributed by atoms with Gasteiger partial charge < -0.3 is 24.8 Å². The molecule has 0 saturated carbocycles.